The summed E-state index contributed by atoms with van der Waals surface area (Å²) < 4.78 is 0.599. The minimum Gasteiger partial charge on any atom is -0.506 e. The lowest BCUT2D eigenvalue weighted by atomic mass is 10.2. The number of phenols is 1. The van der Waals surface area contributed by atoms with Crippen molar-refractivity contribution in [2.75, 3.05) is 37.4 Å². The zero-order valence-electron chi connectivity index (χ0n) is 16.1. The number of amides is 1. The summed E-state index contributed by atoms with van der Waals surface area (Å²) in [5.41, 5.74) is 1.85. The van der Waals surface area contributed by atoms with Gasteiger partial charge in [-0.3, -0.25) is 4.79 Å². The zero-order chi connectivity index (χ0) is 20.7. The molecule has 29 heavy (non-hydrogen) atoms. The Morgan fingerprint density at radius 3 is 2.55 bits per heavy atom. The van der Waals surface area contributed by atoms with E-state index in [2.05, 4.69) is 29.2 Å². The first-order valence-corrected chi connectivity index (χ1v) is 10.8. The van der Waals surface area contributed by atoms with E-state index in [1.807, 2.05) is 24.3 Å². The SMILES string of the molecule is CN(C)C1CCN(c2ccc(NC(=O)c3sc4c(Cl)c(O)ccc4c3Cl)cc2)C1. The minimum absolute atomic E-state index is 0.0296. The van der Waals surface area contributed by atoms with Crippen LogP contribution < -0.4 is 10.2 Å². The van der Waals surface area contributed by atoms with E-state index < -0.39 is 0 Å². The molecule has 1 amide bonds. The quantitative estimate of drug-likeness (QED) is 0.566. The number of benzene rings is 2. The fraction of sp³-hybridized carbons (Fsp3) is 0.286. The highest BCUT2D eigenvalue weighted by Gasteiger charge is 2.24. The predicted octanol–water partition coefficient (Wildman–Crippen LogP) is 5.31. The summed E-state index contributed by atoms with van der Waals surface area (Å²) in [5, 5.41) is 13.9. The van der Waals surface area contributed by atoms with Crippen LogP contribution in [0.25, 0.3) is 10.1 Å². The van der Waals surface area contributed by atoms with Crippen molar-refractivity contribution in [1.82, 2.24) is 4.90 Å². The fourth-order valence-electron chi connectivity index (χ4n) is 3.57. The summed E-state index contributed by atoms with van der Waals surface area (Å²) in [6, 6.07) is 11.5. The van der Waals surface area contributed by atoms with Crippen LogP contribution in [0.1, 0.15) is 16.1 Å². The van der Waals surface area contributed by atoms with Crippen LogP contribution in [-0.2, 0) is 0 Å². The molecule has 2 aromatic carbocycles. The van der Waals surface area contributed by atoms with E-state index in [1.165, 1.54) is 17.4 Å². The number of phenolic OH excluding ortho intramolecular Hbond substituents is 1. The summed E-state index contributed by atoms with van der Waals surface area (Å²) in [5.74, 6) is -0.327. The molecule has 0 bridgehead atoms. The number of anilines is 2. The van der Waals surface area contributed by atoms with E-state index in [4.69, 9.17) is 23.2 Å². The lowest BCUT2D eigenvalue weighted by molar-refractivity contribution is 0.103. The highest BCUT2D eigenvalue weighted by atomic mass is 35.5. The number of likely N-dealkylation sites (N-methyl/N-ethyl adjacent to an activating group) is 1. The maximum Gasteiger partial charge on any atom is 0.267 e. The van der Waals surface area contributed by atoms with Crippen LogP contribution in [0.2, 0.25) is 10.0 Å². The van der Waals surface area contributed by atoms with Gasteiger partial charge in [-0.05, 0) is 56.9 Å². The molecule has 0 spiro atoms. The standard InChI is InChI=1S/C21H21Cl2N3O2S/c1-25(2)14-9-10-26(11-14)13-5-3-12(4-6-13)24-21(28)20-17(22)15-7-8-16(27)18(23)19(15)29-20/h3-8,14,27H,9-11H2,1-2H3,(H,24,28). The Labute approximate surface area is 183 Å². The number of hydrogen-bond donors (Lipinski definition) is 2. The van der Waals surface area contributed by atoms with Crippen molar-refractivity contribution in [2.45, 2.75) is 12.5 Å². The van der Waals surface area contributed by atoms with E-state index in [1.54, 1.807) is 6.07 Å². The van der Waals surface area contributed by atoms with Crippen LogP contribution >= 0.6 is 34.5 Å². The van der Waals surface area contributed by atoms with Crippen molar-refractivity contribution in [3.8, 4) is 5.75 Å². The number of nitrogens with zero attached hydrogens (tertiary/aromatic N) is 2. The van der Waals surface area contributed by atoms with E-state index in [0.717, 1.165) is 25.2 Å². The number of rotatable bonds is 4. The number of fused-ring (bicyclic) bond motifs is 1. The predicted molar refractivity (Wildman–Crippen MR) is 122 cm³/mol. The van der Waals surface area contributed by atoms with Gasteiger partial charge in [0.2, 0.25) is 0 Å². The van der Waals surface area contributed by atoms with Crippen molar-refractivity contribution >= 4 is 61.9 Å². The van der Waals surface area contributed by atoms with Gasteiger partial charge in [-0.2, -0.15) is 0 Å². The van der Waals surface area contributed by atoms with Gasteiger partial charge in [0.1, 0.15) is 15.6 Å². The summed E-state index contributed by atoms with van der Waals surface area (Å²) in [4.78, 5) is 17.7. The van der Waals surface area contributed by atoms with Gasteiger partial charge in [0.15, 0.2) is 0 Å². The van der Waals surface area contributed by atoms with Crippen molar-refractivity contribution in [3.63, 3.8) is 0 Å². The number of carbonyl (C=O) groups excluding carboxylic acids is 1. The average Bonchev–Trinajstić information content (AvgIpc) is 3.31. The topological polar surface area (TPSA) is 55.8 Å². The van der Waals surface area contributed by atoms with Crippen LogP contribution in [0.5, 0.6) is 5.75 Å². The third-order valence-electron chi connectivity index (χ3n) is 5.31. The minimum atomic E-state index is -0.298. The van der Waals surface area contributed by atoms with Crippen molar-refractivity contribution in [1.29, 1.82) is 0 Å². The van der Waals surface area contributed by atoms with Crippen LogP contribution in [0.4, 0.5) is 11.4 Å². The number of thiophene rings is 1. The smallest absolute Gasteiger partial charge is 0.267 e. The molecule has 0 saturated carbocycles. The van der Waals surface area contributed by atoms with Crippen LogP contribution in [0.15, 0.2) is 36.4 Å². The normalized spacial score (nSPS) is 16.7. The van der Waals surface area contributed by atoms with Gasteiger partial charge >= 0.3 is 0 Å². The molecule has 1 atom stereocenters. The number of halogens is 2. The molecular formula is C21H21Cl2N3O2S. The number of nitrogens with one attached hydrogen (secondary N) is 1. The maximum absolute atomic E-state index is 12.8. The summed E-state index contributed by atoms with van der Waals surface area (Å²) in [7, 11) is 4.22. The zero-order valence-corrected chi connectivity index (χ0v) is 18.4. The maximum atomic E-state index is 12.8. The number of hydrogen-bond acceptors (Lipinski definition) is 5. The van der Waals surface area contributed by atoms with E-state index in [0.29, 0.717) is 31.7 Å². The fourth-order valence-corrected chi connectivity index (χ4v) is 5.29. The lowest BCUT2D eigenvalue weighted by Gasteiger charge is -2.22. The molecule has 5 nitrogen and oxygen atoms in total. The van der Waals surface area contributed by atoms with E-state index >= 15 is 0 Å². The molecule has 1 aliphatic heterocycles. The second-order valence-electron chi connectivity index (χ2n) is 7.37. The molecular weight excluding hydrogens is 429 g/mol. The Morgan fingerprint density at radius 2 is 1.90 bits per heavy atom. The molecule has 4 rings (SSSR count). The first kappa shape index (κ1) is 20.3. The largest absolute Gasteiger partial charge is 0.506 e. The first-order valence-electron chi connectivity index (χ1n) is 9.27. The van der Waals surface area contributed by atoms with Crippen LogP contribution in [0.3, 0.4) is 0 Å². The number of carbonyl (C=O) groups is 1. The summed E-state index contributed by atoms with van der Waals surface area (Å²) in [6.07, 6.45) is 1.15. The molecule has 1 unspecified atom stereocenters. The Morgan fingerprint density at radius 1 is 1.17 bits per heavy atom. The van der Waals surface area contributed by atoms with Crippen LogP contribution in [-0.4, -0.2) is 49.1 Å². The Balaban J connectivity index is 1.50. The molecule has 1 fully saturated rings. The second-order valence-corrected chi connectivity index (χ2v) is 9.15. The average molecular weight is 450 g/mol. The molecule has 0 aliphatic carbocycles. The van der Waals surface area contributed by atoms with Crippen molar-refractivity contribution in [3.05, 3.63) is 51.3 Å². The van der Waals surface area contributed by atoms with Gasteiger partial charge in [-0.25, -0.2) is 0 Å². The molecule has 0 radical (unpaired) electrons. The molecule has 1 aromatic heterocycles. The third kappa shape index (κ3) is 3.90. The molecule has 3 aromatic rings. The molecule has 1 saturated heterocycles. The van der Waals surface area contributed by atoms with E-state index in [9.17, 15) is 9.90 Å². The van der Waals surface area contributed by atoms with Crippen molar-refractivity contribution < 1.29 is 9.90 Å². The van der Waals surface area contributed by atoms with Gasteiger partial charge in [0.25, 0.3) is 5.91 Å². The number of aromatic hydroxyl groups is 1. The van der Waals surface area contributed by atoms with Gasteiger partial charge in [-0.15, -0.1) is 11.3 Å². The van der Waals surface area contributed by atoms with Gasteiger partial charge in [-0.1, -0.05) is 23.2 Å². The third-order valence-corrected chi connectivity index (χ3v) is 7.53. The van der Waals surface area contributed by atoms with Gasteiger partial charge in [0, 0.05) is 35.9 Å². The Bertz CT molecular complexity index is 1070. The second kappa shape index (κ2) is 8.03. The molecule has 2 N–H and O–H groups in total. The lowest BCUT2D eigenvalue weighted by Crippen LogP contribution is -2.31. The van der Waals surface area contributed by atoms with Crippen molar-refractivity contribution in [2.24, 2.45) is 0 Å². The van der Waals surface area contributed by atoms with Gasteiger partial charge in [0.05, 0.1) is 9.72 Å². The first-order chi connectivity index (χ1) is 13.8. The molecule has 152 valence electrons. The summed E-state index contributed by atoms with van der Waals surface area (Å²) >= 11 is 13.7. The van der Waals surface area contributed by atoms with E-state index in [-0.39, 0.29) is 16.7 Å². The monoisotopic (exact) mass is 449 g/mol. The molecule has 8 heteroatoms. The molecule has 2 heterocycles. The summed E-state index contributed by atoms with van der Waals surface area (Å²) in [6.45, 7) is 2.03. The molecule has 1 aliphatic rings. The highest BCUT2D eigenvalue weighted by molar-refractivity contribution is 7.22. The highest BCUT2D eigenvalue weighted by Crippen LogP contribution is 2.42. The Kier molecular flexibility index (Phi) is 5.62. The Hall–Kier alpha value is -1.99. The van der Waals surface area contributed by atoms with Crippen LogP contribution in [0, 0.1) is 0 Å². The van der Waals surface area contributed by atoms with Gasteiger partial charge < -0.3 is 20.2 Å².